The first-order chi connectivity index (χ1) is 9.56. The maximum atomic E-state index is 6.27. The van der Waals surface area contributed by atoms with Crippen molar-refractivity contribution < 1.29 is 0 Å². The monoisotopic (exact) mass is 308 g/mol. The van der Waals surface area contributed by atoms with Gasteiger partial charge in [0.25, 0.3) is 0 Å². The van der Waals surface area contributed by atoms with E-state index in [1.165, 1.54) is 0 Å². The minimum Gasteiger partial charge on any atom is -0.368 e. The number of rotatable bonds is 3. The molecule has 0 aliphatic heterocycles. The minimum absolute atomic E-state index is 0.227. The van der Waals surface area contributed by atoms with Crippen LogP contribution in [-0.4, -0.2) is 16.0 Å². The van der Waals surface area contributed by atoms with Crippen LogP contribution in [0.1, 0.15) is 18.4 Å². The first kappa shape index (κ1) is 13.5. The fraction of sp³-hybridized carbons (Fsp3) is 0.286. The third-order valence-corrected chi connectivity index (χ3v) is 4.11. The van der Waals surface area contributed by atoms with E-state index in [9.17, 15) is 0 Å². The molecule has 3 rings (SSSR count). The van der Waals surface area contributed by atoms with E-state index in [1.54, 1.807) is 6.07 Å². The van der Waals surface area contributed by atoms with Crippen molar-refractivity contribution in [1.82, 2.24) is 9.97 Å². The maximum Gasteiger partial charge on any atom is 0.222 e. The quantitative estimate of drug-likeness (QED) is 0.902. The largest absolute Gasteiger partial charge is 0.368 e. The van der Waals surface area contributed by atoms with Crippen LogP contribution < -0.4 is 11.1 Å². The molecule has 0 bridgehead atoms. The molecule has 1 aromatic heterocycles. The number of nitrogens with two attached hydrogens (primary N) is 1. The highest BCUT2D eigenvalue weighted by Crippen LogP contribution is 2.36. The normalized spacial score (nSPS) is 14.3. The van der Waals surface area contributed by atoms with Gasteiger partial charge in [0.05, 0.1) is 15.7 Å². The molecule has 2 aromatic rings. The molecule has 0 saturated heterocycles. The Bertz CT molecular complexity index is 668. The Morgan fingerprint density at radius 3 is 2.70 bits per heavy atom. The maximum absolute atomic E-state index is 6.27. The summed E-state index contributed by atoms with van der Waals surface area (Å²) in [5.74, 6) is 0.996. The number of anilines is 2. The summed E-state index contributed by atoms with van der Waals surface area (Å²) in [6.07, 6.45) is 2.33. The van der Waals surface area contributed by atoms with E-state index in [0.717, 1.165) is 29.8 Å². The number of benzene rings is 1. The molecule has 20 heavy (non-hydrogen) atoms. The lowest BCUT2D eigenvalue weighted by molar-refractivity contribution is 1.07. The van der Waals surface area contributed by atoms with Crippen LogP contribution in [-0.2, 0) is 0 Å². The standard InChI is InChI=1S/C14H14Cl2N4/c1-7-12(9-3-2-4-10(15)11(9)16)19-14(17)20-13(7)18-8-5-6-8/h2-4,8H,5-6H2,1H3,(H3,17,18,19,20). The van der Waals surface area contributed by atoms with E-state index in [1.807, 2.05) is 19.1 Å². The first-order valence-corrected chi connectivity index (χ1v) is 7.17. The molecule has 1 heterocycles. The van der Waals surface area contributed by atoms with Crippen LogP contribution in [0.25, 0.3) is 11.3 Å². The molecule has 3 N–H and O–H groups in total. The Kier molecular flexibility index (Phi) is 3.44. The molecule has 0 atom stereocenters. The van der Waals surface area contributed by atoms with Crippen LogP contribution >= 0.6 is 23.2 Å². The lowest BCUT2D eigenvalue weighted by Crippen LogP contribution is -2.09. The summed E-state index contributed by atoms with van der Waals surface area (Å²) in [5.41, 5.74) is 8.22. The number of hydrogen-bond donors (Lipinski definition) is 2. The van der Waals surface area contributed by atoms with Gasteiger partial charge in [-0.05, 0) is 25.8 Å². The number of hydrogen-bond acceptors (Lipinski definition) is 4. The molecule has 1 saturated carbocycles. The van der Waals surface area contributed by atoms with Crippen LogP contribution in [0.3, 0.4) is 0 Å². The van der Waals surface area contributed by atoms with Gasteiger partial charge in [-0.1, -0.05) is 35.3 Å². The summed E-state index contributed by atoms with van der Waals surface area (Å²) >= 11 is 12.3. The van der Waals surface area contributed by atoms with Crippen molar-refractivity contribution in [3.8, 4) is 11.3 Å². The Morgan fingerprint density at radius 2 is 2.00 bits per heavy atom. The Balaban J connectivity index is 2.12. The average molecular weight is 309 g/mol. The number of nitrogens with zero attached hydrogens (tertiary/aromatic N) is 2. The summed E-state index contributed by atoms with van der Waals surface area (Å²) in [6.45, 7) is 1.96. The van der Waals surface area contributed by atoms with Gasteiger partial charge in [-0.15, -0.1) is 0 Å². The predicted octanol–water partition coefficient (Wildman–Crippen LogP) is 3.92. The molecule has 1 aliphatic rings. The van der Waals surface area contributed by atoms with Gasteiger partial charge in [0.2, 0.25) is 5.95 Å². The first-order valence-electron chi connectivity index (χ1n) is 6.41. The summed E-state index contributed by atoms with van der Waals surface area (Å²) in [6, 6.07) is 5.96. The second-order valence-electron chi connectivity index (χ2n) is 4.92. The molecule has 0 spiro atoms. The molecule has 6 heteroatoms. The number of nitrogen functional groups attached to an aromatic ring is 1. The third kappa shape index (κ3) is 2.53. The highest BCUT2D eigenvalue weighted by atomic mass is 35.5. The minimum atomic E-state index is 0.227. The Hall–Kier alpha value is -1.52. The molecule has 0 unspecified atom stereocenters. The molecule has 4 nitrogen and oxygen atoms in total. The van der Waals surface area contributed by atoms with Gasteiger partial charge in [0, 0.05) is 17.2 Å². The Morgan fingerprint density at radius 1 is 1.25 bits per heavy atom. The van der Waals surface area contributed by atoms with Gasteiger partial charge in [0.15, 0.2) is 0 Å². The van der Waals surface area contributed by atoms with Crippen molar-refractivity contribution in [2.24, 2.45) is 0 Å². The van der Waals surface area contributed by atoms with Crippen molar-refractivity contribution in [1.29, 1.82) is 0 Å². The Labute approximate surface area is 127 Å². The van der Waals surface area contributed by atoms with Gasteiger partial charge < -0.3 is 11.1 Å². The van der Waals surface area contributed by atoms with Crippen molar-refractivity contribution in [2.45, 2.75) is 25.8 Å². The van der Waals surface area contributed by atoms with Crippen LogP contribution in [0.4, 0.5) is 11.8 Å². The second kappa shape index (κ2) is 5.11. The fourth-order valence-electron chi connectivity index (χ4n) is 2.04. The van der Waals surface area contributed by atoms with Crippen LogP contribution in [0.5, 0.6) is 0 Å². The van der Waals surface area contributed by atoms with E-state index in [-0.39, 0.29) is 5.95 Å². The van der Waals surface area contributed by atoms with Gasteiger partial charge >= 0.3 is 0 Å². The number of halogens is 2. The van der Waals surface area contributed by atoms with Crippen molar-refractivity contribution >= 4 is 35.0 Å². The lowest BCUT2D eigenvalue weighted by Gasteiger charge is -2.13. The molecule has 104 valence electrons. The van der Waals surface area contributed by atoms with Gasteiger partial charge in [0.1, 0.15) is 5.82 Å². The molecule has 1 aromatic carbocycles. The predicted molar refractivity (Wildman–Crippen MR) is 83.3 cm³/mol. The molecular weight excluding hydrogens is 295 g/mol. The third-order valence-electron chi connectivity index (χ3n) is 3.29. The number of aromatic nitrogens is 2. The van der Waals surface area contributed by atoms with Crippen molar-refractivity contribution in [3.05, 3.63) is 33.8 Å². The second-order valence-corrected chi connectivity index (χ2v) is 5.71. The summed E-state index contributed by atoms with van der Waals surface area (Å²) in [7, 11) is 0. The molecule has 1 aliphatic carbocycles. The SMILES string of the molecule is Cc1c(NC2CC2)nc(N)nc1-c1cccc(Cl)c1Cl. The van der Waals surface area contributed by atoms with E-state index in [2.05, 4.69) is 15.3 Å². The number of nitrogens with one attached hydrogen (secondary N) is 1. The average Bonchev–Trinajstić information content (AvgIpc) is 3.21. The smallest absolute Gasteiger partial charge is 0.222 e. The van der Waals surface area contributed by atoms with Crippen LogP contribution in [0, 0.1) is 6.92 Å². The van der Waals surface area contributed by atoms with Crippen molar-refractivity contribution in [2.75, 3.05) is 11.1 Å². The fourth-order valence-corrected chi connectivity index (χ4v) is 2.43. The zero-order chi connectivity index (χ0) is 14.3. The zero-order valence-corrected chi connectivity index (χ0v) is 12.5. The van der Waals surface area contributed by atoms with Gasteiger partial charge in [-0.3, -0.25) is 0 Å². The van der Waals surface area contributed by atoms with Gasteiger partial charge in [-0.2, -0.15) is 4.98 Å². The molecule has 0 amide bonds. The van der Waals surface area contributed by atoms with E-state index < -0.39 is 0 Å². The van der Waals surface area contributed by atoms with E-state index in [0.29, 0.717) is 21.8 Å². The highest BCUT2D eigenvalue weighted by Gasteiger charge is 2.24. The highest BCUT2D eigenvalue weighted by molar-refractivity contribution is 6.43. The van der Waals surface area contributed by atoms with Gasteiger partial charge in [-0.25, -0.2) is 4.98 Å². The summed E-state index contributed by atoms with van der Waals surface area (Å²) < 4.78 is 0. The van der Waals surface area contributed by atoms with E-state index in [4.69, 9.17) is 28.9 Å². The van der Waals surface area contributed by atoms with Crippen molar-refractivity contribution in [3.63, 3.8) is 0 Å². The van der Waals surface area contributed by atoms with Crippen LogP contribution in [0.15, 0.2) is 18.2 Å². The zero-order valence-electron chi connectivity index (χ0n) is 11.0. The summed E-state index contributed by atoms with van der Waals surface area (Å²) in [4.78, 5) is 8.59. The lowest BCUT2D eigenvalue weighted by atomic mass is 10.1. The molecule has 0 radical (unpaired) electrons. The molecular formula is C14H14Cl2N4. The van der Waals surface area contributed by atoms with Crippen LogP contribution in [0.2, 0.25) is 10.0 Å². The topological polar surface area (TPSA) is 63.8 Å². The summed E-state index contributed by atoms with van der Waals surface area (Å²) in [5, 5.41) is 4.34. The molecule has 1 fully saturated rings. The van der Waals surface area contributed by atoms with E-state index >= 15 is 0 Å².